The summed E-state index contributed by atoms with van der Waals surface area (Å²) in [6.45, 7) is 7.43. The van der Waals surface area contributed by atoms with Gasteiger partial charge in [0.25, 0.3) is 0 Å². The molecule has 0 saturated carbocycles. The highest BCUT2D eigenvalue weighted by Crippen LogP contribution is 2.31. The summed E-state index contributed by atoms with van der Waals surface area (Å²) in [5.41, 5.74) is 1.94. The minimum absolute atomic E-state index is 0.452. The number of hydrogen-bond donors (Lipinski definition) is 1. The predicted molar refractivity (Wildman–Crippen MR) is 92.7 cm³/mol. The van der Waals surface area contributed by atoms with E-state index in [0.717, 1.165) is 5.92 Å². The van der Waals surface area contributed by atoms with Gasteiger partial charge < -0.3 is 5.32 Å². The van der Waals surface area contributed by atoms with Crippen LogP contribution in [0.4, 0.5) is 0 Å². The lowest BCUT2D eigenvalue weighted by Gasteiger charge is -2.47. The van der Waals surface area contributed by atoms with Gasteiger partial charge in [-0.15, -0.1) is 0 Å². The number of nitrogens with one attached hydrogen (secondary N) is 1. The van der Waals surface area contributed by atoms with E-state index in [0.29, 0.717) is 5.54 Å². The van der Waals surface area contributed by atoms with Crippen molar-refractivity contribution in [2.75, 3.05) is 26.2 Å². The summed E-state index contributed by atoms with van der Waals surface area (Å²) < 4.78 is 1.18. The largest absolute Gasteiger partial charge is 0.317 e. The van der Waals surface area contributed by atoms with Crippen molar-refractivity contribution < 1.29 is 0 Å². The van der Waals surface area contributed by atoms with Crippen LogP contribution in [-0.4, -0.2) is 36.6 Å². The van der Waals surface area contributed by atoms with Gasteiger partial charge in [0, 0.05) is 10.0 Å². The fourth-order valence-corrected chi connectivity index (χ4v) is 4.18. The Kier molecular flexibility index (Phi) is 5.03. The van der Waals surface area contributed by atoms with E-state index in [-0.39, 0.29) is 0 Å². The fraction of sp³-hybridized carbons (Fsp3) is 0.667. The van der Waals surface area contributed by atoms with Crippen molar-refractivity contribution in [1.82, 2.24) is 10.2 Å². The molecule has 2 aliphatic heterocycles. The molecule has 3 rings (SSSR count). The summed E-state index contributed by atoms with van der Waals surface area (Å²) >= 11 is 3.52. The highest BCUT2D eigenvalue weighted by molar-refractivity contribution is 9.10. The van der Waals surface area contributed by atoms with E-state index in [1.165, 1.54) is 68.3 Å². The summed E-state index contributed by atoms with van der Waals surface area (Å²) in [5.74, 6) is 0.868. The first-order valence-corrected chi connectivity index (χ1v) is 9.15. The molecular weight excluding hydrogens is 324 g/mol. The van der Waals surface area contributed by atoms with Crippen LogP contribution in [0.25, 0.3) is 0 Å². The van der Waals surface area contributed by atoms with Gasteiger partial charge in [-0.2, -0.15) is 0 Å². The average molecular weight is 351 g/mol. The van der Waals surface area contributed by atoms with Gasteiger partial charge in [-0.25, -0.2) is 0 Å². The Morgan fingerprint density at radius 3 is 2.38 bits per heavy atom. The molecular formula is C18H27BrN2. The van der Waals surface area contributed by atoms with Gasteiger partial charge in [0.1, 0.15) is 0 Å². The molecule has 0 aliphatic carbocycles. The number of rotatable bonds is 3. The highest BCUT2D eigenvalue weighted by atomic mass is 79.9. The monoisotopic (exact) mass is 350 g/mol. The summed E-state index contributed by atoms with van der Waals surface area (Å²) in [7, 11) is 0. The zero-order valence-electron chi connectivity index (χ0n) is 13.1. The molecule has 0 unspecified atom stereocenters. The molecule has 3 heteroatoms. The Labute approximate surface area is 137 Å². The molecule has 2 nitrogen and oxygen atoms in total. The lowest BCUT2D eigenvalue weighted by atomic mass is 9.83. The molecule has 0 radical (unpaired) electrons. The van der Waals surface area contributed by atoms with Crippen LogP contribution in [0.15, 0.2) is 28.7 Å². The van der Waals surface area contributed by atoms with Crippen LogP contribution in [0.2, 0.25) is 0 Å². The SMILES string of the molecule is CC1(N2CCC(Cc3ccc(Br)cc3)CC2)CCNCC1. The van der Waals surface area contributed by atoms with Gasteiger partial charge in [0.15, 0.2) is 0 Å². The van der Waals surface area contributed by atoms with Crippen molar-refractivity contribution in [3.8, 4) is 0 Å². The zero-order valence-corrected chi connectivity index (χ0v) is 14.7. The smallest absolute Gasteiger partial charge is 0.0205 e. The first-order valence-electron chi connectivity index (χ1n) is 8.36. The van der Waals surface area contributed by atoms with Crippen molar-refractivity contribution in [1.29, 1.82) is 0 Å². The van der Waals surface area contributed by atoms with Crippen LogP contribution < -0.4 is 5.32 Å². The Bertz CT molecular complexity index is 443. The molecule has 2 saturated heterocycles. The Morgan fingerprint density at radius 2 is 1.76 bits per heavy atom. The lowest BCUT2D eigenvalue weighted by Crippen LogP contribution is -2.55. The van der Waals surface area contributed by atoms with Gasteiger partial charge in [0.05, 0.1) is 0 Å². The third-order valence-corrected chi connectivity index (χ3v) is 6.02. The van der Waals surface area contributed by atoms with E-state index in [9.17, 15) is 0 Å². The second-order valence-corrected chi connectivity index (χ2v) is 7.92. The molecule has 1 aromatic carbocycles. The van der Waals surface area contributed by atoms with Gasteiger partial charge in [-0.3, -0.25) is 4.90 Å². The summed E-state index contributed by atoms with van der Waals surface area (Å²) in [6, 6.07) is 8.87. The van der Waals surface area contributed by atoms with Gasteiger partial charge in [-0.1, -0.05) is 28.1 Å². The molecule has 116 valence electrons. The molecule has 0 spiro atoms. The number of nitrogens with zero attached hydrogens (tertiary/aromatic N) is 1. The number of hydrogen-bond acceptors (Lipinski definition) is 2. The third-order valence-electron chi connectivity index (χ3n) is 5.50. The van der Waals surface area contributed by atoms with Crippen LogP contribution in [0.1, 0.15) is 38.2 Å². The van der Waals surface area contributed by atoms with Crippen LogP contribution in [0.5, 0.6) is 0 Å². The molecule has 1 N–H and O–H groups in total. The van der Waals surface area contributed by atoms with E-state index < -0.39 is 0 Å². The first-order chi connectivity index (χ1) is 10.2. The highest BCUT2D eigenvalue weighted by Gasteiger charge is 2.35. The summed E-state index contributed by atoms with van der Waals surface area (Å²) in [4.78, 5) is 2.77. The molecule has 21 heavy (non-hydrogen) atoms. The maximum absolute atomic E-state index is 3.52. The van der Waals surface area contributed by atoms with Crippen LogP contribution in [0.3, 0.4) is 0 Å². The molecule has 2 aliphatic rings. The maximum Gasteiger partial charge on any atom is 0.0205 e. The Hall–Kier alpha value is -0.380. The molecule has 0 bridgehead atoms. The molecule has 0 aromatic heterocycles. The van der Waals surface area contributed by atoms with Crippen molar-refractivity contribution in [2.45, 2.75) is 44.6 Å². The summed E-state index contributed by atoms with van der Waals surface area (Å²) in [5, 5.41) is 3.49. The van der Waals surface area contributed by atoms with Crippen molar-refractivity contribution in [2.24, 2.45) is 5.92 Å². The van der Waals surface area contributed by atoms with E-state index in [2.05, 4.69) is 57.3 Å². The minimum atomic E-state index is 0.452. The second kappa shape index (κ2) is 6.80. The number of piperidine rings is 2. The van der Waals surface area contributed by atoms with Crippen molar-refractivity contribution in [3.05, 3.63) is 34.3 Å². The van der Waals surface area contributed by atoms with E-state index >= 15 is 0 Å². The Balaban J connectivity index is 1.51. The molecule has 2 heterocycles. The quantitative estimate of drug-likeness (QED) is 0.890. The van der Waals surface area contributed by atoms with Crippen molar-refractivity contribution in [3.63, 3.8) is 0 Å². The normalized spacial score (nSPS) is 24.1. The second-order valence-electron chi connectivity index (χ2n) is 7.01. The zero-order chi connectivity index (χ0) is 14.7. The van der Waals surface area contributed by atoms with Gasteiger partial charge in [0.2, 0.25) is 0 Å². The first kappa shape index (κ1) is 15.5. The van der Waals surface area contributed by atoms with Gasteiger partial charge in [-0.05, 0) is 88.8 Å². The van der Waals surface area contributed by atoms with E-state index in [4.69, 9.17) is 0 Å². The third kappa shape index (κ3) is 3.88. The fourth-order valence-electron chi connectivity index (χ4n) is 3.91. The van der Waals surface area contributed by atoms with Crippen LogP contribution in [-0.2, 0) is 6.42 Å². The number of likely N-dealkylation sites (tertiary alicyclic amines) is 1. The topological polar surface area (TPSA) is 15.3 Å². The number of halogens is 1. The van der Waals surface area contributed by atoms with Crippen LogP contribution in [0, 0.1) is 5.92 Å². The maximum atomic E-state index is 3.52. The van der Waals surface area contributed by atoms with E-state index in [1.54, 1.807) is 0 Å². The lowest BCUT2D eigenvalue weighted by molar-refractivity contribution is 0.0390. The van der Waals surface area contributed by atoms with Crippen LogP contribution >= 0.6 is 15.9 Å². The van der Waals surface area contributed by atoms with Crippen molar-refractivity contribution >= 4 is 15.9 Å². The molecule has 2 fully saturated rings. The summed E-state index contributed by atoms with van der Waals surface area (Å²) in [6.07, 6.45) is 6.59. The van der Waals surface area contributed by atoms with Gasteiger partial charge >= 0.3 is 0 Å². The minimum Gasteiger partial charge on any atom is -0.317 e. The molecule has 0 amide bonds. The predicted octanol–water partition coefficient (Wildman–Crippen LogP) is 3.85. The molecule has 0 atom stereocenters. The standard InChI is InChI=1S/C18H27BrN2/c1-18(8-10-20-11-9-18)21-12-6-16(7-13-21)14-15-2-4-17(19)5-3-15/h2-5,16,20H,6-14H2,1H3. The average Bonchev–Trinajstić information content (AvgIpc) is 2.51. The van der Waals surface area contributed by atoms with E-state index in [1.807, 2.05) is 0 Å². The Morgan fingerprint density at radius 1 is 1.14 bits per heavy atom. The number of benzene rings is 1. The molecule has 1 aromatic rings.